The Bertz CT molecular complexity index is 1050. The lowest BCUT2D eigenvalue weighted by Gasteiger charge is -2.31. The molecule has 0 radical (unpaired) electrons. The van der Waals surface area contributed by atoms with Crippen LogP contribution in [0.15, 0.2) is 23.5 Å². The minimum Gasteiger partial charge on any atom is -0.471 e. The summed E-state index contributed by atoms with van der Waals surface area (Å²) < 4.78 is 78.8. The first-order chi connectivity index (χ1) is 15.1. The average Bonchev–Trinajstić information content (AvgIpc) is 3.40. The molecule has 0 bridgehead atoms. The molecule has 0 amide bonds. The Labute approximate surface area is 182 Å². The van der Waals surface area contributed by atoms with E-state index >= 15 is 0 Å². The third-order valence-corrected chi connectivity index (χ3v) is 7.18. The first-order valence-corrected chi connectivity index (χ1v) is 11.5. The molecule has 2 saturated heterocycles. The van der Waals surface area contributed by atoms with Gasteiger partial charge in [-0.05, 0) is 12.8 Å². The third-order valence-electron chi connectivity index (χ3n) is 5.33. The quantitative estimate of drug-likeness (QED) is 0.670. The molecule has 0 saturated carbocycles. The molecule has 4 heterocycles. The Hall–Kier alpha value is -2.45. The first-order valence-electron chi connectivity index (χ1n) is 10.1. The van der Waals surface area contributed by atoms with E-state index in [9.17, 15) is 21.6 Å². The molecule has 1 unspecified atom stereocenters. The van der Waals surface area contributed by atoms with Gasteiger partial charge in [0.1, 0.15) is 16.6 Å². The molecule has 2 aromatic rings. The molecule has 1 atom stereocenters. The molecule has 0 spiro atoms. The van der Waals surface area contributed by atoms with Crippen molar-refractivity contribution >= 4 is 16.0 Å². The van der Waals surface area contributed by atoms with Gasteiger partial charge in [0.05, 0.1) is 19.4 Å². The van der Waals surface area contributed by atoms with Crippen LogP contribution in [0.25, 0.3) is 0 Å². The number of hydrogen-bond donors (Lipinski definition) is 1. The molecule has 2 fully saturated rings. The van der Waals surface area contributed by atoms with Crippen LogP contribution >= 0.6 is 0 Å². The maximum atomic E-state index is 13.3. The van der Waals surface area contributed by atoms with Gasteiger partial charge in [0.25, 0.3) is 0 Å². The molecule has 2 aliphatic heterocycles. The molecule has 176 valence electrons. The number of nitrogens with one attached hydrogen (secondary N) is 1. The number of hydrogen-bond acceptors (Lipinski definition) is 8. The van der Waals surface area contributed by atoms with E-state index in [2.05, 4.69) is 20.4 Å². The van der Waals surface area contributed by atoms with Gasteiger partial charge >= 0.3 is 6.18 Å². The van der Waals surface area contributed by atoms with Gasteiger partial charge in [-0.15, -0.1) is 0 Å². The van der Waals surface area contributed by atoms with Gasteiger partial charge in [-0.3, -0.25) is 4.68 Å². The lowest BCUT2D eigenvalue weighted by molar-refractivity contribution is -0.139. The van der Waals surface area contributed by atoms with Crippen LogP contribution in [0.3, 0.4) is 0 Å². The van der Waals surface area contributed by atoms with Crippen LogP contribution in [0.1, 0.15) is 24.8 Å². The van der Waals surface area contributed by atoms with E-state index in [1.54, 1.807) is 7.05 Å². The van der Waals surface area contributed by atoms with Crippen LogP contribution in [0.5, 0.6) is 5.88 Å². The van der Waals surface area contributed by atoms with Crippen LogP contribution in [0.2, 0.25) is 0 Å². The average molecular weight is 476 g/mol. The Kier molecular flexibility index (Phi) is 6.27. The number of sulfonamides is 1. The van der Waals surface area contributed by atoms with Crippen LogP contribution in [0.4, 0.5) is 19.1 Å². The number of halogens is 3. The van der Waals surface area contributed by atoms with Crippen molar-refractivity contribution in [2.75, 3.05) is 31.6 Å². The minimum absolute atomic E-state index is 0.000446. The maximum Gasteiger partial charge on any atom is 0.423 e. The van der Waals surface area contributed by atoms with E-state index in [-0.39, 0.29) is 36.6 Å². The molecule has 10 nitrogen and oxygen atoms in total. The highest BCUT2D eigenvalue weighted by Gasteiger charge is 2.38. The zero-order valence-corrected chi connectivity index (χ0v) is 18.1. The number of alkyl halides is 3. The Morgan fingerprint density at radius 1 is 1.22 bits per heavy atom. The molecular formula is C18H23F3N6O4S. The van der Waals surface area contributed by atoms with Gasteiger partial charge in [-0.2, -0.15) is 27.6 Å². The summed E-state index contributed by atoms with van der Waals surface area (Å²) in [5, 5.41) is 6.90. The van der Waals surface area contributed by atoms with Crippen LogP contribution < -0.4 is 10.1 Å². The van der Waals surface area contributed by atoms with Crippen molar-refractivity contribution in [1.82, 2.24) is 24.1 Å². The molecule has 0 aliphatic carbocycles. The number of ether oxygens (including phenoxy) is 2. The normalized spacial score (nSPS) is 21.1. The first kappa shape index (κ1) is 22.7. The number of piperidine rings is 1. The van der Waals surface area contributed by atoms with E-state index in [4.69, 9.17) is 9.47 Å². The largest absolute Gasteiger partial charge is 0.471 e. The summed E-state index contributed by atoms with van der Waals surface area (Å²) in [6.45, 7) is 1.12. The van der Waals surface area contributed by atoms with E-state index in [0.717, 1.165) is 0 Å². The van der Waals surface area contributed by atoms with Gasteiger partial charge < -0.3 is 14.8 Å². The summed E-state index contributed by atoms with van der Waals surface area (Å²) in [6.07, 6.45) is -0.359. The second-order valence-corrected chi connectivity index (χ2v) is 9.62. The van der Waals surface area contributed by atoms with Crippen LogP contribution in [-0.2, 0) is 28.0 Å². The SMILES string of the molecule is Cn1cc(S(=O)(=O)N2CCC(Nc3ncc(C(F)(F)F)c(OC4CCOC4)n3)CC2)cn1. The molecule has 32 heavy (non-hydrogen) atoms. The fraction of sp³-hybridized carbons (Fsp3) is 0.611. The summed E-state index contributed by atoms with van der Waals surface area (Å²) in [6, 6.07) is -0.199. The third kappa shape index (κ3) is 4.96. The molecule has 1 N–H and O–H groups in total. The molecule has 2 aromatic heterocycles. The predicted molar refractivity (Wildman–Crippen MR) is 105 cm³/mol. The molecule has 0 aromatic carbocycles. The summed E-state index contributed by atoms with van der Waals surface area (Å²) in [7, 11) is -2.01. The number of anilines is 1. The molecular weight excluding hydrogens is 453 g/mol. The van der Waals surface area contributed by atoms with Gasteiger partial charge in [0.2, 0.25) is 21.9 Å². The lowest BCUT2D eigenvalue weighted by Crippen LogP contribution is -2.42. The van der Waals surface area contributed by atoms with Gasteiger partial charge in [0, 0.05) is 45.0 Å². The van der Waals surface area contributed by atoms with Crippen molar-refractivity contribution in [3.8, 4) is 5.88 Å². The minimum atomic E-state index is -4.65. The summed E-state index contributed by atoms with van der Waals surface area (Å²) >= 11 is 0. The second-order valence-electron chi connectivity index (χ2n) is 7.69. The monoisotopic (exact) mass is 476 g/mol. The van der Waals surface area contributed by atoms with Crippen LogP contribution in [-0.4, -0.2) is 70.9 Å². The number of aryl methyl sites for hydroxylation is 1. The smallest absolute Gasteiger partial charge is 0.423 e. The van der Waals surface area contributed by atoms with Crippen molar-refractivity contribution in [2.45, 2.75) is 42.5 Å². The lowest BCUT2D eigenvalue weighted by atomic mass is 10.1. The van der Waals surface area contributed by atoms with Crippen molar-refractivity contribution in [3.05, 3.63) is 24.2 Å². The Morgan fingerprint density at radius 2 is 1.97 bits per heavy atom. The maximum absolute atomic E-state index is 13.3. The van der Waals surface area contributed by atoms with Crippen LogP contribution in [0, 0.1) is 0 Å². The number of aromatic nitrogens is 4. The van der Waals surface area contributed by atoms with Crippen molar-refractivity contribution in [1.29, 1.82) is 0 Å². The van der Waals surface area contributed by atoms with E-state index in [0.29, 0.717) is 32.1 Å². The summed E-state index contributed by atoms with van der Waals surface area (Å²) in [4.78, 5) is 7.87. The fourth-order valence-corrected chi connectivity index (χ4v) is 5.04. The van der Waals surface area contributed by atoms with Gasteiger partial charge in [-0.25, -0.2) is 13.4 Å². The second kappa shape index (κ2) is 8.83. The van der Waals surface area contributed by atoms with Gasteiger partial charge in [0.15, 0.2) is 0 Å². The number of nitrogens with zero attached hydrogens (tertiary/aromatic N) is 5. The highest BCUT2D eigenvalue weighted by molar-refractivity contribution is 7.89. The Morgan fingerprint density at radius 3 is 2.56 bits per heavy atom. The number of rotatable bonds is 6. The van der Waals surface area contributed by atoms with Crippen molar-refractivity contribution < 1.29 is 31.1 Å². The van der Waals surface area contributed by atoms with Gasteiger partial charge in [-0.1, -0.05) is 0 Å². The zero-order valence-electron chi connectivity index (χ0n) is 17.2. The predicted octanol–water partition coefficient (Wildman–Crippen LogP) is 1.66. The van der Waals surface area contributed by atoms with Crippen molar-refractivity contribution in [2.24, 2.45) is 7.05 Å². The Balaban J connectivity index is 1.42. The van der Waals surface area contributed by atoms with Crippen molar-refractivity contribution in [3.63, 3.8) is 0 Å². The van der Waals surface area contributed by atoms with E-state index in [1.807, 2.05) is 0 Å². The molecule has 2 aliphatic rings. The molecule has 4 rings (SSSR count). The molecule has 14 heteroatoms. The zero-order chi connectivity index (χ0) is 22.9. The fourth-order valence-electron chi connectivity index (χ4n) is 3.59. The highest BCUT2D eigenvalue weighted by Crippen LogP contribution is 2.36. The van der Waals surface area contributed by atoms with E-state index in [1.165, 1.54) is 21.4 Å². The topological polar surface area (TPSA) is 111 Å². The summed E-state index contributed by atoms with van der Waals surface area (Å²) in [5.41, 5.74) is -1.05. The van der Waals surface area contributed by atoms with E-state index < -0.39 is 33.7 Å². The highest BCUT2D eigenvalue weighted by atomic mass is 32.2. The summed E-state index contributed by atoms with van der Waals surface area (Å²) in [5.74, 6) is -0.539. The standard InChI is InChI=1S/C18H23F3N6O4S/c1-26-10-14(8-23-26)32(28,29)27-5-2-12(3-6-27)24-17-22-9-15(18(19,20)21)16(25-17)31-13-4-7-30-11-13/h8-10,12-13H,2-7,11H2,1H3,(H,22,24,25).